The minimum absolute atomic E-state index is 0.107. The SMILES string of the molecule is CC(C)Cn1c(=O)n(C[C@@H](C)N2CCCC2)c2cc(C(=O)O)cnc21. The number of hydrogen-bond acceptors (Lipinski definition) is 4. The number of rotatable bonds is 6. The first-order chi connectivity index (χ1) is 11.9. The van der Waals surface area contributed by atoms with Gasteiger partial charge in [-0.1, -0.05) is 13.8 Å². The summed E-state index contributed by atoms with van der Waals surface area (Å²) >= 11 is 0. The number of fused-ring (bicyclic) bond motifs is 1. The lowest BCUT2D eigenvalue weighted by molar-refractivity contribution is 0.0696. The van der Waals surface area contributed by atoms with E-state index in [1.54, 1.807) is 15.2 Å². The number of aromatic carboxylic acids is 1. The van der Waals surface area contributed by atoms with Crippen LogP contribution in [0.1, 0.15) is 44.0 Å². The summed E-state index contributed by atoms with van der Waals surface area (Å²) in [5, 5.41) is 9.27. The van der Waals surface area contributed by atoms with Gasteiger partial charge in [0.25, 0.3) is 0 Å². The number of pyridine rings is 1. The molecule has 1 aliphatic rings. The molecule has 0 amide bonds. The van der Waals surface area contributed by atoms with Crippen molar-refractivity contribution in [1.82, 2.24) is 19.0 Å². The number of nitrogens with zero attached hydrogens (tertiary/aromatic N) is 4. The number of likely N-dealkylation sites (tertiary alicyclic amines) is 1. The summed E-state index contributed by atoms with van der Waals surface area (Å²) in [4.78, 5) is 31.0. The van der Waals surface area contributed by atoms with Gasteiger partial charge in [-0.15, -0.1) is 0 Å². The lowest BCUT2D eigenvalue weighted by Gasteiger charge is -2.23. The van der Waals surface area contributed by atoms with Gasteiger partial charge in [0.1, 0.15) is 0 Å². The Morgan fingerprint density at radius 3 is 2.48 bits per heavy atom. The first kappa shape index (κ1) is 17.7. The topological polar surface area (TPSA) is 80.4 Å². The molecule has 1 atom stereocenters. The molecule has 0 bridgehead atoms. The van der Waals surface area contributed by atoms with Crippen molar-refractivity contribution in [3.8, 4) is 0 Å². The second kappa shape index (κ2) is 7.00. The third-order valence-electron chi connectivity index (χ3n) is 4.86. The van der Waals surface area contributed by atoms with Crippen LogP contribution in [0, 0.1) is 5.92 Å². The number of carboxylic acids is 1. The fourth-order valence-corrected chi connectivity index (χ4v) is 3.58. The average molecular weight is 346 g/mol. The van der Waals surface area contributed by atoms with Gasteiger partial charge in [-0.05, 0) is 44.8 Å². The summed E-state index contributed by atoms with van der Waals surface area (Å²) in [5.74, 6) is -0.730. The van der Waals surface area contributed by atoms with Crippen LogP contribution in [0.25, 0.3) is 11.2 Å². The second-order valence-corrected chi connectivity index (χ2v) is 7.36. The average Bonchev–Trinajstić information content (AvgIpc) is 3.17. The third-order valence-corrected chi connectivity index (χ3v) is 4.86. The highest BCUT2D eigenvalue weighted by atomic mass is 16.4. The first-order valence-corrected chi connectivity index (χ1v) is 8.95. The van der Waals surface area contributed by atoms with Crippen LogP contribution in [-0.4, -0.2) is 49.2 Å². The Hall–Kier alpha value is -2.15. The molecule has 25 heavy (non-hydrogen) atoms. The molecule has 136 valence electrons. The van der Waals surface area contributed by atoms with Crippen LogP contribution in [-0.2, 0) is 13.1 Å². The normalized spacial score (nSPS) is 16.8. The molecule has 0 aliphatic carbocycles. The van der Waals surface area contributed by atoms with Crippen molar-refractivity contribution in [2.75, 3.05) is 13.1 Å². The minimum atomic E-state index is -1.03. The molecule has 0 saturated carbocycles. The fraction of sp³-hybridized carbons (Fsp3) is 0.611. The summed E-state index contributed by atoms with van der Waals surface area (Å²) in [6.07, 6.45) is 3.72. The van der Waals surface area contributed by atoms with Crippen molar-refractivity contribution < 1.29 is 9.90 Å². The van der Waals surface area contributed by atoms with E-state index in [4.69, 9.17) is 0 Å². The lowest BCUT2D eigenvalue weighted by atomic mass is 10.2. The Kier molecular flexibility index (Phi) is 4.94. The van der Waals surface area contributed by atoms with E-state index in [0.29, 0.717) is 30.2 Å². The molecule has 7 heteroatoms. The molecule has 0 aromatic carbocycles. The highest BCUT2D eigenvalue weighted by Gasteiger charge is 2.22. The van der Waals surface area contributed by atoms with E-state index in [-0.39, 0.29) is 17.3 Å². The van der Waals surface area contributed by atoms with Crippen LogP contribution >= 0.6 is 0 Å². The van der Waals surface area contributed by atoms with Gasteiger partial charge in [-0.3, -0.25) is 14.0 Å². The summed E-state index contributed by atoms with van der Waals surface area (Å²) in [5.41, 5.74) is 1.18. The van der Waals surface area contributed by atoms with Crippen LogP contribution in [0.2, 0.25) is 0 Å². The maximum Gasteiger partial charge on any atom is 0.337 e. The Balaban J connectivity index is 2.07. The van der Waals surface area contributed by atoms with Crippen molar-refractivity contribution in [2.24, 2.45) is 5.92 Å². The predicted octanol–water partition coefficient (Wildman–Crippen LogP) is 2.04. The van der Waals surface area contributed by atoms with Crippen molar-refractivity contribution in [2.45, 2.75) is 52.7 Å². The highest BCUT2D eigenvalue weighted by molar-refractivity contribution is 5.90. The van der Waals surface area contributed by atoms with Gasteiger partial charge >= 0.3 is 11.7 Å². The molecule has 3 rings (SSSR count). The quantitative estimate of drug-likeness (QED) is 0.866. The summed E-state index contributed by atoms with van der Waals surface area (Å²) in [7, 11) is 0. The van der Waals surface area contributed by atoms with E-state index in [1.807, 2.05) is 13.8 Å². The monoisotopic (exact) mass is 346 g/mol. The predicted molar refractivity (Wildman–Crippen MR) is 96.1 cm³/mol. The molecule has 1 aliphatic heterocycles. The molecule has 2 aromatic rings. The zero-order valence-corrected chi connectivity index (χ0v) is 15.1. The van der Waals surface area contributed by atoms with Crippen molar-refractivity contribution in [1.29, 1.82) is 0 Å². The van der Waals surface area contributed by atoms with Gasteiger partial charge in [0.05, 0.1) is 11.1 Å². The number of aromatic nitrogens is 3. The first-order valence-electron chi connectivity index (χ1n) is 8.95. The van der Waals surface area contributed by atoms with Crippen molar-refractivity contribution >= 4 is 17.1 Å². The van der Waals surface area contributed by atoms with Crippen LogP contribution in [0.3, 0.4) is 0 Å². The van der Waals surface area contributed by atoms with Crippen LogP contribution in [0.4, 0.5) is 0 Å². The fourth-order valence-electron chi connectivity index (χ4n) is 3.58. The van der Waals surface area contributed by atoms with Gasteiger partial charge in [0.15, 0.2) is 5.65 Å². The molecule has 1 saturated heterocycles. The second-order valence-electron chi connectivity index (χ2n) is 7.36. The molecular formula is C18H26N4O3. The number of carboxylic acid groups (broad SMARTS) is 1. The Morgan fingerprint density at radius 1 is 1.20 bits per heavy atom. The Bertz CT molecular complexity index is 831. The Labute approximate surface area is 146 Å². The van der Waals surface area contributed by atoms with Gasteiger partial charge in [-0.25, -0.2) is 14.6 Å². The zero-order valence-electron chi connectivity index (χ0n) is 15.1. The third kappa shape index (κ3) is 3.46. The largest absolute Gasteiger partial charge is 0.478 e. The van der Waals surface area contributed by atoms with Crippen molar-refractivity contribution in [3.05, 3.63) is 28.3 Å². The van der Waals surface area contributed by atoms with E-state index in [0.717, 1.165) is 13.1 Å². The summed E-state index contributed by atoms with van der Waals surface area (Å²) < 4.78 is 3.36. The molecule has 1 N–H and O–H groups in total. The summed E-state index contributed by atoms with van der Waals surface area (Å²) in [6, 6.07) is 1.80. The standard InChI is InChI=1S/C18H26N4O3/c1-12(2)10-22-16-15(8-14(9-19-16)17(23)24)21(18(22)25)11-13(3)20-6-4-5-7-20/h8-9,12-13H,4-7,10-11H2,1-3H3,(H,23,24)/t13-/m1/s1. The molecule has 1 fully saturated rings. The molecule has 0 spiro atoms. The van der Waals surface area contributed by atoms with E-state index in [9.17, 15) is 14.7 Å². The van der Waals surface area contributed by atoms with Crippen molar-refractivity contribution in [3.63, 3.8) is 0 Å². The maximum atomic E-state index is 13.0. The smallest absolute Gasteiger partial charge is 0.337 e. The molecule has 3 heterocycles. The van der Waals surface area contributed by atoms with E-state index < -0.39 is 5.97 Å². The summed E-state index contributed by atoms with van der Waals surface area (Å²) in [6.45, 7) is 9.45. The molecule has 2 aromatic heterocycles. The highest BCUT2D eigenvalue weighted by Crippen LogP contribution is 2.18. The molecule has 7 nitrogen and oxygen atoms in total. The lowest BCUT2D eigenvalue weighted by Crippen LogP contribution is -2.37. The number of imidazole rings is 1. The molecule has 0 unspecified atom stereocenters. The van der Waals surface area contributed by atoms with Gasteiger partial charge < -0.3 is 5.11 Å². The van der Waals surface area contributed by atoms with E-state index in [1.165, 1.54) is 19.0 Å². The maximum absolute atomic E-state index is 13.0. The van der Waals surface area contributed by atoms with Gasteiger partial charge in [0, 0.05) is 25.3 Å². The number of hydrogen-bond donors (Lipinski definition) is 1. The van der Waals surface area contributed by atoms with Crippen LogP contribution in [0.5, 0.6) is 0 Å². The van der Waals surface area contributed by atoms with Gasteiger partial charge in [-0.2, -0.15) is 0 Å². The minimum Gasteiger partial charge on any atom is -0.478 e. The Morgan fingerprint density at radius 2 is 1.88 bits per heavy atom. The van der Waals surface area contributed by atoms with Gasteiger partial charge in [0.2, 0.25) is 0 Å². The zero-order chi connectivity index (χ0) is 18.1. The van der Waals surface area contributed by atoms with Crippen LogP contribution in [0.15, 0.2) is 17.1 Å². The number of carbonyl (C=O) groups is 1. The molecular weight excluding hydrogens is 320 g/mol. The van der Waals surface area contributed by atoms with E-state index >= 15 is 0 Å². The molecule has 0 radical (unpaired) electrons. The van der Waals surface area contributed by atoms with Crippen LogP contribution < -0.4 is 5.69 Å². The van der Waals surface area contributed by atoms with E-state index in [2.05, 4.69) is 16.8 Å².